The predicted octanol–water partition coefficient (Wildman–Crippen LogP) is 2.23. The second kappa shape index (κ2) is 5.37. The third-order valence-electron chi connectivity index (χ3n) is 3.50. The Morgan fingerprint density at radius 1 is 1.33 bits per heavy atom. The van der Waals surface area contributed by atoms with Gasteiger partial charge in [0, 0.05) is 13.1 Å². The number of fused-ring (bicyclic) bond motifs is 1. The van der Waals surface area contributed by atoms with E-state index in [2.05, 4.69) is 4.98 Å². The third-order valence-corrected chi connectivity index (χ3v) is 3.50. The molecule has 1 aliphatic heterocycles. The molecule has 6 nitrogen and oxygen atoms in total. The zero-order chi connectivity index (χ0) is 15.0. The number of rotatable bonds is 2. The van der Waals surface area contributed by atoms with Crippen molar-refractivity contribution in [3.63, 3.8) is 0 Å². The van der Waals surface area contributed by atoms with Crippen molar-refractivity contribution in [1.29, 1.82) is 0 Å². The Balaban J connectivity index is 1.99. The van der Waals surface area contributed by atoms with E-state index in [0.29, 0.717) is 35.8 Å². The Morgan fingerprint density at radius 2 is 2.05 bits per heavy atom. The highest BCUT2D eigenvalue weighted by Crippen LogP contribution is 2.27. The molecule has 0 aliphatic carbocycles. The maximum Gasteiger partial charge on any atom is 0.340 e. The van der Waals surface area contributed by atoms with Crippen molar-refractivity contribution in [1.82, 2.24) is 4.98 Å². The summed E-state index contributed by atoms with van der Waals surface area (Å²) in [6, 6.07) is 5.76. The molecular formula is C15H18N2O4. The Morgan fingerprint density at radius 3 is 2.71 bits per heavy atom. The molecular weight excluding hydrogens is 272 g/mol. The van der Waals surface area contributed by atoms with E-state index < -0.39 is 5.97 Å². The van der Waals surface area contributed by atoms with Crippen LogP contribution in [0.3, 0.4) is 0 Å². The topological polar surface area (TPSA) is 64.8 Å². The number of benzene rings is 1. The van der Waals surface area contributed by atoms with Gasteiger partial charge in [0.15, 0.2) is 5.58 Å². The molecule has 0 bridgehead atoms. The van der Waals surface area contributed by atoms with E-state index in [1.807, 2.05) is 18.7 Å². The van der Waals surface area contributed by atoms with Crippen LogP contribution in [-0.4, -0.2) is 43.4 Å². The Bertz CT molecular complexity index is 657. The maximum absolute atomic E-state index is 11.8. The lowest BCUT2D eigenvalue weighted by Gasteiger charge is -2.34. The number of carbonyl (C=O) groups is 1. The van der Waals surface area contributed by atoms with Crippen LogP contribution in [0.25, 0.3) is 11.1 Å². The Kier molecular flexibility index (Phi) is 3.55. The summed E-state index contributed by atoms with van der Waals surface area (Å²) >= 11 is 0. The first-order chi connectivity index (χ1) is 10.1. The molecule has 1 aromatic heterocycles. The number of hydrogen-bond donors (Lipinski definition) is 0. The lowest BCUT2D eigenvalue weighted by molar-refractivity contribution is -0.00662. The molecule has 1 aromatic carbocycles. The van der Waals surface area contributed by atoms with E-state index >= 15 is 0 Å². The van der Waals surface area contributed by atoms with Crippen molar-refractivity contribution in [2.75, 3.05) is 25.1 Å². The van der Waals surface area contributed by atoms with Crippen molar-refractivity contribution in [2.24, 2.45) is 0 Å². The van der Waals surface area contributed by atoms with Gasteiger partial charge in [-0.3, -0.25) is 0 Å². The number of carbonyl (C=O) groups excluding carboxylic acids is 1. The van der Waals surface area contributed by atoms with Gasteiger partial charge in [0.25, 0.3) is 6.01 Å². The minimum Gasteiger partial charge on any atom is -0.465 e. The van der Waals surface area contributed by atoms with Gasteiger partial charge >= 0.3 is 5.97 Å². The quantitative estimate of drug-likeness (QED) is 0.790. The summed E-state index contributed by atoms with van der Waals surface area (Å²) in [4.78, 5) is 18.3. The molecule has 1 fully saturated rings. The SMILES string of the molecule is COC(=O)c1cccc2oc(N3C[C@@H](C)O[C@H](C)C3)nc12. The van der Waals surface area contributed by atoms with Gasteiger partial charge in [-0.15, -0.1) is 0 Å². The molecule has 21 heavy (non-hydrogen) atoms. The number of aromatic nitrogens is 1. The first-order valence-electron chi connectivity index (χ1n) is 6.96. The van der Waals surface area contributed by atoms with Crippen molar-refractivity contribution < 1.29 is 18.7 Å². The van der Waals surface area contributed by atoms with Crippen molar-refractivity contribution >= 4 is 23.1 Å². The average Bonchev–Trinajstić information content (AvgIpc) is 2.89. The van der Waals surface area contributed by atoms with Crippen LogP contribution in [0.15, 0.2) is 22.6 Å². The molecule has 2 atom stereocenters. The number of nitrogens with zero attached hydrogens (tertiary/aromatic N) is 2. The fraction of sp³-hybridized carbons (Fsp3) is 0.467. The minimum absolute atomic E-state index is 0.115. The average molecular weight is 290 g/mol. The van der Waals surface area contributed by atoms with E-state index in [0.717, 1.165) is 0 Å². The lowest BCUT2D eigenvalue weighted by atomic mass is 10.2. The lowest BCUT2D eigenvalue weighted by Crippen LogP contribution is -2.45. The first kappa shape index (κ1) is 13.9. The number of methoxy groups -OCH3 is 1. The molecule has 112 valence electrons. The van der Waals surface area contributed by atoms with Gasteiger partial charge in [-0.05, 0) is 26.0 Å². The van der Waals surface area contributed by atoms with E-state index in [9.17, 15) is 4.79 Å². The van der Waals surface area contributed by atoms with E-state index in [1.54, 1.807) is 18.2 Å². The van der Waals surface area contributed by atoms with Gasteiger partial charge in [0.05, 0.1) is 24.9 Å². The first-order valence-corrected chi connectivity index (χ1v) is 6.96. The summed E-state index contributed by atoms with van der Waals surface area (Å²) in [5.74, 6) is -0.413. The van der Waals surface area contributed by atoms with Crippen LogP contribution in [0.4, 0.5) is 6.01 Å². The van der Waals surface area contributed by atoms with Crippen molar-refractivity contribution in [3.05, 3.63) is 23.8 Å². The highest BCUT2D eigenvalue weighted by molar-refractivity contribution is 6.01. The van der Waals surface area contributed by atoms with Crippen LogP contribution in [-0.2, 0) is 9.47 Å². The summed E-state index contributed by atoms with van der Waals surface area (Å²) in [5, 5.41) is 0. The van der Waals surface area contributed by atoms with E-state index in [1.165, 1.54) is 7.11 Å². The normalized spacial score (nSPS) is 22.5. The minimum atomic E-state index is -0.413. The standard InChI is InChI=1S/C15H18N2O4/c1-9-7-17(8-10(2)20-9)15-16-13-11(14(18)19-3)5-4-6-12(13)21-15/h4-6,9-10H,7-8H2,1-3H3/t9-,10-/m1/s1. The molecule has 2 aromatic rings. The summed E-state index contributed by atoms with van der Waals surface area (Å²) < 4.78 is 16.3. The Labute approximate surface area is 122 Å². The number of anilines is 1. The summed E-state index contributed by atoms with van der Waals surface area (Å²) in [5.41, 5.74) is 1.53. The zero-order valence-electron chi connectivity index (χ0n) is 12.3. The molecule has 2 heterocycles. The molecule has 1 aliphatic rings. The van der Waals surface area contributed by atoms with Gasteiger partial charge in [0.1, 0.15) is 5.52 Å². The predicted molar refractivity (Wildman–Crippen MR) is 77.6 cm³/mol. The van der Waals surface area contributed by atoms with Crippen LogP contribution >= 0.6 is 0 Å². The second-order valence-corrected chi connectivity index (χ2v) is 5.30. The van der Waals surface area contributed by atoms with Gasteiger partial charge in [0.2, 0.25) is 0 Å². The maximum atomic E-state index is 11.8. The summed E-state index contributed by atoms with van der Waals surface area (Å²) in [6.45, 7) is 5.46. The molecule has 3 rings (SSSR count). The zero-order valence-corrected chi connectivity index (χ0v) is 12.3. The van der Waals surface area contributed by atoms with Gasteiger partial charge in [-0.25, -0.2) is 4.79 Å². The highest BCUT2D eigenvalue weighted by atomic mass is 16.5. The molecule has 0 unspecified atom stereocenters. The van der Waals surface area contributed by atoms with Crippen LogP contribution in [0.1, 0.15) is 24.2 Å². The fourth-order valence-electron chi connectivity index (χ4n) is 2.68. The number of esters is 1. The fourth-order valence-corrected chi connectivity index (χ4v) is 2.68. The van der Waals surface area contributed by atoms with Crippen LogP contribution in [0.2, 0.25) is 0 Å². The van der Waals surface area contributed by atoms with Crippen LogP contribution in [0, 0.1) is 0 Å². The largest absolute Gasteiger partial charge is 0.465 e. The number of ether oxygens (including phenoxy) is 2. The molecule has 0 amide bonds. The molecule has 0 spiro atoms. The molecule has 6 heteroatoms. The molecule has 0 radical (unpaired) electrons. The van der Waals surface area contributed by atoms with Crippen LogP contribution in [0.5, 0.6) is 0 Å². The highest BCUT2D eigenvalue weighted by Gasteiger charge is 2.26. The van der Waals surface area contributed by atoms with Crippen molar-refractivity contribution in [2.45, 2.75) is 26.1 Å². The number of morpholine rings is 1. The van der Waals surface area contributed by atoms with Gasteiger partial charge in [-0.1, -0.05) is 6.07 Å². The smallest absolute Gasteiger partial charge is 0.340 e. The molecule has 0 saturated carbocycles. The van der Waals surface area contributed by atoms with E-state index in [4.69, 9.17) is 13.9 Å². The van der Waals surface area contributed by atoms with Gasteiger partial charge < -0.3 is 18.8 Å². The summed E-state index contributed by atoms with van der Waals surface area (Å²) in [7, 11) is 1.35. The molecule has 1 saturated heterocycles. The van der Waals surface area contributed by atoms with Gasteiger partial charge in [-0.2, -0.15) is 4.98 Å². The monoisotopic (exact) mass is 290 g/mol. The third kappa shape index (κ3) is 2.58. The second-order valence-electron chi connectivity index (χ2n) is 5.30. The van der Waals surface area contributed by atoms with Crippen molar-refractivity contribution in [3.8, 4) is 0 Å². The van der Waals surface area contributed by atoms with E-state index in [-0.39, 0.29) is 12.2 Å². The van der Waals surface area contributed by atoms with Crippen LogP contribution < -0.4 is 4.90 Å². The number of oxazole rings is 1. The molecule has 0 N–H and O–H groups in total. The number of hydrogen-bond acceptors (Lipinski definition) is 6. The number of para-hydroxylation sites is 1. The summed E-state index contributed by atoms with van der Waals surface area (Å²) in [6.07, 6.45) is 0.229. The Hall–Kier alpha value is -2.08.